The Bertz CT molecular complexity index is 23.0. The van der Waals surface area contributed by atoms with Gasteiger partial charge in [-0.2, -0.15) is 0 Å². The third-order valence-corrected chi connectivity index (χ3v) is 0. The molecule has 6 heavy (non-hydrogen) atoms. The van der Waals surface area contributed by atoms with Gasteiger partial charge in [0.1, 0.15) is 0 Å². The summed E-state index contributed by atoms with van der Waals surface area (Å²) in [6.07, 6.45) is 0. The van der Waals surface area contributed by atoms with E-state index in [4.69, 9.17) is 40.4 Å². The van der Waals surface area contributed by atoms with Crippen LogP contribution in [0.4, 0.5) is 0 Å². The zero-order valence-corrected chi connectivity index (χ0v) is 7.51. The normalized spacial score (nSPS) is 12.7. The average Bonchev–Trinajstić information content (AvgIpc) is 0.722. The molecular weight excluding hydrogens is 232 g/mol. The summed E-state index contributed by atoms with van der Waals surface area (Å²) in [5.74, 6) is 0. The molecule has 0 saturated heterocycles. The zero-order chi connectivity index (χ0) is 4.50. The van der Waals surface area contributed by atoms with Crippen molar-refractivity contribution in [3.05, 3.63) is 0 Å². The van der Waals surface area contributed by atoms with Crippen molar-refractivity contribution >= 4 is 57.8 Å². The fourth-order valence-corrected chi connectivity index (χ4v) is 0. The quantitative estimate of drug-likeness (QED) is 0.563. The summed E-state index contributed by atoms with van der Waals surface area (Å²) in [5, 5.41) is 0. The molecule has 0 aromatic carbocycles. The molecule has 0 aliphatic heterocycles. The summed E-state index contributed by atoms with van der Waals surface area (Å²) >= 11 is 0. The molecule has 0 bridgehead atoms. The van der Waals surface area contributed by atoms with Crippen molar-refractivity contribution in [3.63, 3.8) is 0 Å². The second kappa shape index (κ2) is 4.13. The third kappa shape index (κ3) is 34.5. The van der Waals surface area contributed by atoms with Gasteiger partial charge in [0.25, 0.3) is 0 Å². The zero-order valence-electron chi connectivity index (χ0n) is 2.39. The Kier molecular flexibility index (Phi) is 7.61. The number of hydrogen-bond acceptors (Lipinski definition) is 0. The van der Waals surface area contributed by atoms with E-state index >= 15 is 0 Å². The van der Waals surface area contributed by atoms with E-state index in [0.717, 1.165) is 0 Å². The minimum atomic E-state index is -2.24. The van der Waals surface area contributed by atoms with E-state index in [1.165, 1.54) is 0 Å². The summed E-state index contributed by atoms with van der Waals surface area (Å²) < 4.78 is 0. The van der Waals surface area contributed by atoms with Gasteiger partial charge in [0.15, 0.2) is 0 Å². The van der Waals surface area contributed by atoms with Crippen LogP contribution in [0.25, 0.3) is 0 Å². The Labute approximate surface area is 66.3 Å². The standard InChI is InChI=1S/Al.4ClH.Cu/h;4*1H;/q;;;;;+4/p-4. The predicted octanol–water partition coefficient (Wildman–Crippen LogP) is 2.37. The summed E-state index contributed by atoms with van der Waals surface area (Å²) in [5.41, 5.74) is 0. The van der Waals surface area contributed by atoms with Gasteiger partial charge in [-0.3, -0.25) is 0 Å². The average molecular weight is 232 g/mol. The first-order chi connectivity index (χ1) is 2.00. The number of rotatable bonds is 0. The first-order valence-electron chi connectivity index (χ1n) is 0.456. The molecule has 0 unspecified atom stereocenters. The molecule has 0 aliphatic rings. The molecule has 0 N–H and O–H groups in total. The molecule has 0 rings (SSSR count). The minimum absolute atomic E-state index is 0. The Hall–Kier alpha value is 2.21. The maximum atomic E-state index is 4.90. The van der Waals surface area contributed by atoms with Gasteiger partial charge in [-0.05, 0) is 0 Å². The molecule has 0 aromatic rings. The van der Waals surface area contributed by atoms with Gasteiger partial charge in [0.05, 0.1) is 0 Å². The van der Waals surface area contributed by atoms with Crippen molar-refractivity contribution in [2.45, 2.75) is 0 Å². The van der Waals surface area contributed by atoms with Crippen LogP contribution in [-0.2, 0) is 9.20 Å². The summed E-state index contributed by atoms with van der Waals surface area (Å²) in [6.45, 7) is 0. The number of halogens is 4. The van der Waals surface area contributed by atoms with Crippen molar-refractivity contribution in [1.29, 1.82) is 0 Å². The van der Waals surface area contributed by atoms with Crippen molar-refractivity contribution in [3.8, 4) is 0 Å². The first kappa shape index (κ1) is 11.1. The van der Waals surface area contributed by atoms with E-state index in [2.05, 4.69) is 0 Å². The van der Waals surface area contributed by atoms with E-state index in [-0.39, 0.29) is 17.4 Å². The topological polar surface area (TPSA) is 0 Å². The van der Waals surface area contributed by atoms with Gasteiger partial charge in [0.2, 0.25) is 0 Å². The molecule has 0 atom stereocenters. The summed E-state index contributed by atoms with van der Waals surface area (Å²) in [7, 11) is 17.4. The Morgan fingerprint density at radius 3 is 0.833 bits per heavy atom. The van der Waals surface area contributed by atoms with Crippen LogP contribution in [0.3, 0.4) is 0 Å². The van der Waals surface area contributed by atoms with Crippen LogP contribution in [0.2, 0.25) is 0 Å². The first-order valence-corrected chi connectivity index (χ1v) is 5.64. The molecule has 42 valence electrons. The predicted molar refractivity (Wildman–Crippen MR) is 29.2 cm³/mol. The van der Waals surface area contributed by atoms with E-state index in [9.17, 15) is 0 Å². The molecular formula is AlCl4Cu. The van der Waals surface area contributed by atoms with Crippen molar-refractivity contribution in [1.82, 2.24) is 0 Å². The van der Waals surface area contributed by atoms with Crippen LogP contribution in [0, 0.1) is 0 Å². The number of hydrogen-bond donors (Lipinski definition) is 0. The van der Waals surface area contributed by atoms with Crippen LogP contribution in [0.15, 0.2) is 0 Å². The van der Waals surface area contributed by atoms with Crippen LogP contribution < -0.4 is 0 Å². The SMILES string of the molecule is [Al].[Cl][Cu]([Cl])([Cl])[Cl]. The van der Waals surface area contributed by atoms with Crippen molar-refractivity contribution in [2.24, 2.45) is 0 Å². The van der Waals surface area contributed by atoms with E-state index in [0.29, 0.717) is 0 Å². The van der Waals surface area contributed by atoms with E-state index in [1.807, 2.05) is 0 Å². The van der Waals surface area contributed by atoms with Gasteiger partial charge < -0.3 is 0 Å². The second-order valence-corrected chi connectivity index (χ2v) is 9.59. The molecule has 0 spiro atoms. The summed E-state index contributed by atoms with van der Waals surface area (Å²) in [6, 6.07) is 0. The maximum absolute atomic E-state index is 4.90. The van der Waals surface area contributed by atoms with E-state index in [1.54, 1.807) is 0 Å². The fraction of sp³-hybridized carbons (Fsp3) is 0. The van der Waals surface area contributed by atoms with Gasteiger partial charge in [0, 0.05) is 17.4 Å². The molecule has 0 fully saturated rings. The third-order valence-electron chi connectivity index (χ3n) is 0. The molecule has 0 heterocycles. The van der Waals surface area contributed by atoms with Crippen LogP contribution in [-0.4, -0.2) is 17.4 Å². The summed E-state index contributed by atoms with van der Waals surface area (Å²) in [4.78, 5) is 0. The van der Waals surface area contributed by atoms with E-state index < -0.39 is 9.20 Å². The van der Waals surface area contributed by atoms with Crippen molar-refractivity contribution in [2.75, 3.05) is 0 Å². The Morgan fingerprint density at radius 1 is 0.833 bits per heavy atom. The van der Waals surface area contributed by atoms with Crippen LogP contribution in [0.1, 0.15) is 0 Å². The molecule has 0 amide bonds. The van der Waals surface area contributed by atoms with Crippen molar-refractivity contribution < 1.29 is 9.20 Å². The van der Waals surface area contributed by atoms with Crippen LogP contribution in [0.5, 0.6) is 0 Å². The second-order valence-electron chi connectivity index (χ2n) is 0.258. The molecule has 6 heteroatoms. The molecule has 0 nitrogen and oxygen atoms in total. The van der Waals surface area contributed by atoms with Gasteiger partial charge in [-0.1, -0.05) is 0 Å². The van der Waals surface area contributed by atoms with Gasteiger partial charge >= 0.3 is 49.6 Å². The van der Waals surface area contributed by atoms with Gasteiger partial charge in [-0.15, -0.1) is 0 Å². The molecule has 0 aliphatic carbocycles. The molecule has 0 aromatic heterocycles. The van der Waals surface area contributed by atoms with Crippen LogP contribution >= 0.6 is 40.4 Å². The Morgan fingerprint density at radius 2 is 0.833 bits per heavy atom. The fourth-order valence-electron chi connectivity index (χ4n) is 0. The monoisotopic (exact) mass is 230 g/mol. The molecule has 3 radical (unpaired) electrons. The Balaban J connectivity index is 0. The molecule has 0 saturated carbocycles. The van der Waals surface area contributed by atoms with Gasteiger partial charge in [-0.25, -0.2) is 0 Å².